The first kappa shape index (κ1) is 16.5. The molecule has 0 aromatic rings. The van der Waals surface area contributed by atoms with Gasteiger partial charge in [-0.2, -0.15) is 0 Å². The Morgan fingerprint density at radius 1 is 1.25 bits per heavy atom. The standard InChI is InChI=1S/K.Mn.H2O2.H/c;;1-2;/h;;1-2H;/q+1;;;-1. The van der Waals surface area contributed by atoms with Crippen molar-refractivity contribution in [1.29, 1.82) is 0 Å². The summed E-state index contributed by atoms with van der Waals surface area (Å²) in [5.41, 5.74) is 0. The molecule has 0 atom stereocenters. The first-order valence-electron chi connectivity index (χ1n) is 0.200. The van der Waals surface area contributed by atoms with E-state index in [0.29, 0.717) is 0 Å². The zero-order valence-electron chi connectivity index (χ0n) is 3.27. The third kappa shape index (κ3) is 8.95. The maximum absolute atomic E-state index is 6.00. The molecule has 0 fully saturated rings. The zero-order valence-corrected chi connectivity index (χ0v) is 6.58. The third-order valence-electron chi connectivity index (χ3n) is 0. The maximum atomic E-state index is 6.00. The van der Waals surface area contributed by atoms with Crippen LogP contribution in [0.4, 0.5) is 0 Å². The molecule has 23 valence electrons. The summed E-state index contributed by atoms with van der Waals surface area (Å²) in [5, 5.41) is 12.0. The van der Waals surface area contributed by atoms with Gasteiger partial charge in [-0.15, -0.1) is 0 Å². The van der Waals surface area contributed by atoms with Gasteiger partial charge < -0.3 is 1.43 Å². The molecule has 0 rings (SSSR count). The van der Waals surface area contributed by atoms with Crippen molar-refractivity contribution in [2.75, 3.05) is 0 Å². The summed E-state index contributed by atoms with van der Waals surface area (Å²) in [7, 11) is 0. The Kier molecular flexibility index (Phi) is 80.9. The van der Waals surface area contributed by atoms with Crippen molar-refractivity contribution in [2.45, 2.75) is 0 Å². The van der Waals surface area contributed by atoms with Crippen molar-refractivity contribution in [3.8, 4) is 0 Å². The minimum atomic E-state index is 0. The van der Waals surface area contributed by atoms with Crippen molar-refractivity contribution in [2.24, 2.45) is 0 Å². The van der Waals surface area contributed by atoms with Gasteiger partial charge in [0.05, 0.1) is 0 Å². The fraction of sp³-hybridized carbons (Fsp3) is 0. The van der Waals surface area contributed by atoms with Crippen LogP contribution in [0.2, 0.25) is 0 Å². The Hall–Kier alpha value is 2.08. The van der Waals surface area contributed by atoms with Gasteiger partial charge in [-0.1, -0.05) is 0 Å². The van der Waals surface area contributed by atoms with Gasteiger partial charge in [-0.05, 0) is 0 Å². The summed E-state index contributed by atoms with van der Waals surface area (Å²) in [5.74, 6) is 0. The van der Waals surface area contributed by atoms with Crippen LogP contribution in [-0.4, -0.2) is 10.5 Å². The van der Waals surface area contributed by atoms with Crippen molar-refractivity contribution in [1.82, 2.24) is 0 Å². The van der Waals surface area contributed by atoms with Gasteiger partial charge in [0.2, 0.25) is 0 Å². The van der Waals surface area contributed by atoms with Crippen LogP contribution in [0.25, 0.3) is 0 Å². The minimum absolute atomic E-state index is 0. The molecule has 2 N–H and O–H groups in total. The Morgan fingerprint density at radius 3 is 1.25 bits per heavy atom. The Labute approximate surface area is 78.9 Å². The average Bonchev–Trinajstić information content (AvgIpc) is 1.00. The molecule has 0 saturated heterocycles. The fourth-order valence-electron chi connectivity index (χ4n) is 0. The molecule has 0 spiro atoms. The van der Waals surface area contributed by atoms with Gasteiger partial charge >= 0.3 is 51.4 Å². The SMILES string of the molecule is OO.[H-].[K+].[Mn]. The predicted octanol–water partition coefficient (Wildman–Crippen LogP) is -2.87. The largest absolute Gasteiger partial charge is 1.00 e. The molecule has 0 unspecified atom stereocenters. The van der Waals surface area contributed by atoms with E-state index in [0.717, 1.165) is 0 Å². The molecule has 4 heavy (non-hydrogen) atoms. The van der Waals surface area contributed by atoms with Crippen molar-refractivity contribution < 1.29 is 80.4 Å². The number of hydrogen-bond donors (Lipinski definition) is 2. The quantitative estimate of drug-likeness (QED) is 0.210. The second-order valence-corrected chi connectivity index (χ2v) is 0. The third-order valence-corrected chi connectivity index (χ3v) is 0. The first-order chi connectivity index (χ1) is 1.00. The second-order valence-electron chi connectivity index (χ2n) is 0. The summed E-state index contributed by atoms with van der Waals surface area (Å²) in [6.45, 7) is 0. The summed E-state index contributed by atoms with van der Waals surface area (Å²) < 4.78 is 0. The van der Waals surface area contributed by atoms with Gasteiger partial charge in [0.25, 0.3) is 0 Å². The summed E-state index contributed by atoms with van der Waals surface area (Å²) in [6.07, 6.45) is 0. The molecule has 0 aliphatic heterocycles. The van der Waals surface area contributed by atoms with Gasteiger partial charge in [0.1, 0.15) is 0 Å². The van der Waals surface area contributed by atoms with E-state index >= 15 is 0 Å². The van der Waals surface area contributed by atoms with Crippen LogP contribution in [0.1, 0.15) is 1.43 Å². The summed E-state index contributed by atoms with van der Waals surface area (Å²) >= 11 is 0. The molecule has 0 aromatic heterocycles. The van der Waals surface area contributed by atoms with Crippen LogP contribution < -0.4 is 51.4 Å². The predicted molar refractivity (Wildman–Crippen MR) is 6.37 cm³/mol. The Morgan fingerprint density at radius 2 is 1.25 bits per heavy atom. The molecule has 0 heterocycles. The first-order valence-corrected chi connectivity index (χ1v) is 0.200. The average molecular weight is 129 g/mol. The van der Waals surface area contributed by atoms with E-state index in [2.05, 4.69) is 0 Å². The Bertz CT molecular complexity index is 9.61. The van der Waals surface area contributed by atoms with E-state index in [1.807, 2.05) is 0 Å². The Balaban J connectivity index is -0.00000000167. The molecular weight excluding hydrogens is 126 g/mol. The smallest absolute Gasteiger partial charge is 1.00 e. The number of rotatable bonds is 0. The molecule has 1 radical (unpaired) electrons. The summed E-state index contributed by atoms with van der Waals surface area (Å²) in [6, 6.07) is 0. The molecule has 0 aromatic carbocycles. The molecule has 0 aliphatic rings. The van der Waals surface area contributed by atoms with E-state index in [1.54, 1.807) is 0 Å². The van der Waals surface area contributed by atoms with Gasteiger partial charge in [0.15, 0.2) is 0 Å². The van der Waals surface area contributed by atoms with Crippen LogP contribution in [0, 0.1) is 0 Å². The number of hydrogen-bond acceptors (Lipinski definition) is 2. The molecule has 0 saturated carbocycles. The van der Waals surface area contributed by atoms with Gasteiger partial charge in [-0.25, -0.2) is 0 Å². The zero-order chi connectivity index (χ0) is 2.00. The van der Waals surface area contributed by atoms with E-state index in [-0.39, 0.29) is 69.9 Å². The van der Waals surface area contributed by atoms with Crippen LogP contribution in [0.5, 0.6) is 0 Å². The minimum Gasteiger partial charge on any atom is -1.00 e. The van der Waals surface area contributed by atoms with E-state index in [4.69, 9.17) is 10.5 Å². The molecule has 2 nitrogen and oxygen atoms in total. The molecular formula is H3KMnO2. The topological polar surface area (TPSA) is 40.5 Å². The normalized spacial score (nSPS) is 1.50. The van der Waals surface area contributed by atoms with E-state index in [1.165, 1.54) is 0 Å². The monoisotopic (exact) mass is 129 g/mol. The molecule has 0 bridgehead atoms. The van der Waals surface area contributed by atoms with Gasteiger partial charge in [-0.3, -0.25) is 10.5 Å². The van der Waals surface area contributed by atoms with Gasteiger partial charge in [0, 0.05) is 17.1 Å². The van der Waals surface area contributed by atoms with Crippen molar-refractivity contribution in [3.63, 3.8) is 0 Å². The maximum Gasteiger partial charge on any atom is 1.00 e. The van der Waals surface area contributed by atoms with E-state index in [9.17, 15) is 0 Å². The van der Waals surface area contributed by atoms with Crippen molar-refractivity contribution >= 4 is 0 Å². The molecule has 0 aliphatic carbocycles. The molecule has 4 heteroatoms. The van der Waals surface area contributed by atoms with Crippen LogP contribution in [0.3, 0.4) is 0 Å². The van der Waals surface area contributed by atoms with Crippen LogP contribution in [0.15, 0.2) is 0 Å². The second kappa shape index (κ2) is 19.6. The van der Waals surface area contributed by atoms with Crippen molar-refractivity contribution in [3.05, 3.63) is 0 Å². The van der Waals surface area contributed by atoms with Crippen LogP contribution >= 0.6 is 0 Å². The van der Waals surface area contributed by atoms with Crippen LogP contribution in [-0.2, 0) is 17.1 Å². The fourth-order valence-corrected chi connectivity index (χ4v) is 0. The van der Waals surface area contributed by atoms with E-state index < -0.39 is 0 Å². The summed E-state index contributed by atoms with van der Waals surface area (Å²) in [4.78, 5) is 0. The molecule has 0 amide bonds.